The Morgan fingerprint density at radius 3 is 2.69 bits per heavy atom. The highest BCUT2D eigenvalue weighted by atomic mass is 32.2. The number of benzene rings is 1. The van der Waals surface area contributed by atoms with E-state index in [1.54, 1.807) is 0 Å². The summed E-state index contributed by atoms with van der Waals surface area (Å²) in [7, 11) is -3.61. The molecule has 2 atom stereocenters. The van der Waals surface area contributed by atoms with Gasteiger partial charge in [-0.2, -0.15) is 0 Å². The topological polar surface area (TPSA) is 102 Å². The lowest BCUT2D eigenvalue weighted by Crippen LogP contribution is -2.54. The zero-order valence-electron chi connectivity index (χ0n) is 20.5. The van der Waals surface area contributed by atoms with Crippen LogP contribution in [-0.4, -0.2) is 51.0 Å². The average molecular weight is 518 g/mol. The first-order chi connectivity index (χ1) is 16.7. The van der Waals surface area contributed by atoms with Crippen molar-refractivity contribution in [1.29, 1.82) is 0 Å². The van der Waals surface area contributed by atoms with Crippen LogP contribution in [0.2, 0.25) is 0 Å². The second-order valence-electron chi connectivity index (χ2n) is 10.3. The predicted octanol–water partition coefficient (Wildman–Crippen LogP) is 3.42. The number of carbonyl (C=O) groups is 1. The molecule has 0 radical (unpaired) electrons. The molecule has 5 rings (SSSR count). The van der Waals surface area contributed by atoms with Gasteiger partial charge in [0, 0.05) is 46.9 Å². The molecule has 0 unspecified atom stereocenters. The molecule has 0 bridgehead atoms. The molecule has 2 fully saturated rings. The molecule has 3 heterocycles. The summed E-state index contributed by atoms with van der Waals surface area (Å²) < 4.78 is 34.7. The van der Waals surface area contributed by atoms with Gasteiger partial charge in [0.15, 0.2) is 0 Å². The van der Waals surface area contributed by atoms with Crippen molar-refractivity contribution in [3.05, 3.63) is 51.2 Å². The largest absolute Gasteiger partial charge is 0.370 e. The van der Waals surface area contributed by atoms with Crippen LogP contribution in [0.4, 0.5) is 0 Å². The molecule has 1 spiro atoms. The van der Waals surface area contributed by atoms with Crippen molar-refractivity contribution in [2.75, 3.05) is 19.7 Å². The van der Waals surface area contributed by atoms with Gasteiger partial charge in [0.1, 0.15) is 0 Å². The van der Waals surface area contributed by atoms with Gasteiger partial charge >= 0.3 is 0 Å². The Labute approximate surface area is 212 Å². The Kier molecular flexibility index (Phi) is 6.82. The third kappa shape index (κ3) is 4.93. The van der Waals surface area contributed by atoms with E-state index in [2.05, 4.69) is 29.5 Å². The number of nitrogens with two attached hydrogens (primary N) is 1. The van der Waals surface area contributed by atoms with Gasteiger partial charge in [0.25, 0.3) is 0 Å². The number of piperidine rings is 1. The summed E-state index contributed by atoms with van der Waals surface area (Å²) in [6, 6.07) is 8.53. The third-order valence-electron chi connectivity index (χ3n) is 7.96. The van der Waals surface area contributed by atoms with Crippen LogP contribution < -0.4 is 10.5 Å². The van der Waals surface area contributed by atoms with Gasteiger partial charge < -0.3 is 15.4 Å². The number of hydrogen-bond acceptors (Lipinski definition) is 6. The second-order valence-corrected chi connectivity index (χ2v) is 13.3. The van der Waals surface area contributed by atoms with Gasteiger partial charge in [-0.25, -0.2) is 13.1 Å². The van der Waals surface area contributed by atoms with Crippen molar-refractivity contribution in [3.8, 4) is 0 Å². The molecule has 2 aromatic rings. The molecule has 1 saturated carbocycles. The number of likely N-dealkylation sites (tertiary alicyclic amines) is 1. The van der Waals surface area contributed by atoms with E-state index < -0.39 is 15.9 Å². The van der Waals surface area contributed by atoms with E-state index in [1.807, 2.05) is 11.3 Å². The van der Waals surface area contributed by atoms with E-state index in [0.717, 1.165) is 58.2 Å². The fraction of sp³-hybridized carbons (Fsp3) is 0.577. The molecule has 2 aliphatic heterocycles. The van der Waals surface area contributed by atoms with Crippen LogP contribution in [0.1, 0.15) is 65.2 Å². The number of nitrogens with zero attached hydrogens (tertiary/aromatic N) is 1. The minimum atomic E-state index is -3.61. The SMILES string of the molecule is CCc1cc2c(s1)CCO[C@@]21CCN(CC2CC(NS(=O)(=O)c3ccc(C(N)=O)cc3)C2)[C@@H](C)C1. The van der Waals surface area contributed by atoms with Crippen LogP contribution in [0.3, 0.4) is 0 Å². The zero-order chi connectivity index (χ0) is 24.8. The number of amides is 1. The van der Waals surface area contributed by atoms with Crippen LogP contribution in [0.15, 0.2) is 35.2 Å². The maximum atomic E-state index is 12.7. The number of rotatable bonds is 7. The van der Waals surface area contributed by atoms with Crippen molar-refractivity contribution in [1.82, 2.24) is 9.62 Å². The summed E-state index contributed by atoms with van der Waals surface area (Å²) in [5.41, 5.74) is 6.85. The fourth-order valence-electron chi connectivity index (χ4n) is 5.94. The van der Waals surface area contributed by atoms with Crippen LogP contribution in [0, 0.1) is 5.92 Å². The normalized spacial score (nSPS) is 29.0. The summed E-state index contributed by atoms with van der Waals surface area (Å²) in [6.45, 7) is 7.36. The molecule has 1 aromatic heterocycles. The average Bonchev–Trinajstić information content (AvgIpc) is 3.24. The molecular weight excluding hydrogens is 482 g/mol. The molecule has 1 aromatic carbocycles. The maximum absolute atomic E-state index is 12.7. The van der Waals surface area contributed by atoms with E-state index in [9.17, 15) is 13.2 Å². The van der Waals surface area contributed by atoms with Crippen molar-refractivity contribution >= 4 is 27.3 Å². The first kappa shape index (κ1) is 24.9. The second kappa shape index (κ2) is 9.59. The molecule has 9 heteroatoms. The number of sulfonamides is 1. The number of fused-ring (bicyclic) bond motifs is 2. The van der Waals surface area contributed by atoms with Gasteiger partial charge in [0.05, 0.1) is 17.1 Å². The fourth-order valence-corrected chi connectivity index (χ4v) is 8.38. The first-order valence-electron chi connectivity index (χ1n) is 12.6. The van der Waals surface area contributed by atoms with Crippen LogP contribution >= 0.6 is 11.3 Å². The third-order valence-corrected chi connectivity index (χ3v) is 10.8. The van der Waals surface area contributed by atoms with Gasteiger partial charge in [-0.3, -0.25) is 4.79 Å². The van der Waals surface area contributed by atoms with Crippen molar-refractivity contribution in [2.24, 2.45) is 11.7 Å². The monoisotopic (exact) mass is 517 g/mol. The minimum absolute atomic E-state index is 0.0465. The van der Waals surface area contributed by atoms with Gasteiger partial charge in [-0.05, 0) is 80.8 Å². The predicted molar refractivity (Wildman–Crippen MR) is 137 cm³/mol. The standard InChI is InChI=1S/C26H35N3O4S2/c1-3-21-14-23-24(34-21)8-11-33-26(23)9-10-29(17(2)15-26)16-18-12-20(13-18)28-35(31,32)22-6-4-19(5-7-22)25(27)30/h4-7,14,17-18,20,28H,3,8-13,15-16H2,1-2H3,(H2,27,30)/t17-,18?,20?,26+/m0/s1. The number of hydrogen-bond donors (Lipinski definition) is 2. The van der Waals surface area contributed by atoms with E-state index >= 15 is 0 Å². The van der Waals surface area contributed by atoms with Crippen LogP contribution in [0.5, 0.6) is 0 Å². The zero-order valence-corrected chi connectivity index (χ0v) is 22.1. The lowest BCUT2D eigenvalue weighted by atomic mass is 9.77. The number of thiophene rings is 1. The Hall–Kier alpha value is -1.78. The van der Waals surface area contributed by atoms with Crippen molar-refractivity contribution in [3.63, 3.8) is 0 Å². The number of nitrogens with one attached hydrogen (secondary N) is 1. The Balaban J connectivity index is 1.14. The Morgan fingerprint density at radius 2 is 2.03 bits per heavy atom. The van der Waals surface area contributed by atoms with Crippen LogP contribution in [0.25, 0.3) is 0 Å². The van der Waals surface area contributed by atoms with Gasteiger partial charge in [-0.15, -0.1) is 11.3 Å². The van der Waals surface area contributed by atoms with E-state index in [-0.39, 0.29) is 16.5 Å². The van der Waals surface area contributed by atoms with Gasteiger partial charge in [0.2, 0.25) is 15.9 Å². The Morgan fingerprint density at radius 1 is 1.29 bits per heavy atom. The number of carbonyl (C=O) groups excluding carboxylic acids is 1. The minimum Gasteiger partial charge on any atom is -0.370 e. The highest BCUT2D eigenvalue weighted by Crippen LogP contribution is 2.46. The van der Waals surface area contributed by atoms with E-state index in [1.165, 1.54) is 39.6 Å². The van der Waals surface area contributed by atoms with Crippen molar-refractivity contribution in [2.45, 2.75) is 75.0 Å². The van der Waals surface area contributed by atoms with E-state index in [4.69, 9.17) is 10.5 Å². The first-order valence-corrected chi connectivity index (χ1v) is 14.9. The molecule has 1 saturated heterocycles. The highest BCUT2D eigenvalue weighted by molar-refractivity contribution is 7.89. The van der Waals surface area contributed by atoms with E-state index in [0.29, 0.717) is 17.5 Å². The quantitative estimate of drug-likeness (QED) is 0.586. The summed E-state index contributed by atoms with van der Waals surface area (Å²) in [6.07, 6.45) is 5.85. The summed E-state index contributed by atoms with van der Waals surface area (Å²) in [5, 5.41) is 0. The molecule has 190 valence electrons. The smallest absolute Gasteiger partial charge is 0.248 e. The van der Waals surface area contributed by atoms with Crippen LogP contribution in [-0.2, 0) is 33.2 Å². The lowest BCUT2D eigenvalue weighted by Gasteiger charge is -2.49. The molecule has 35 heavy (non-hydrogen) atoms. The molecule has 3 N–H and O–H groups in total. The summed E-state index contributed by atoms with van der Waals surface area (Å²) in [4.78, 5) is 16.9. The molecule has 1 aliphatic carbocycles. The lowest BCUT2D eigenvalue weighted by molar-refractivity contribution is -0.114. The molecule has 7 nitrogen and oxygen atoms in total. The molecule has 3 aliphatic rings. The summed E-state index contributed by atoms with van der Waals surface area (Å²) in [5.74, 6) is -0.0785. The maximum Gasteiger partial charge on any atom is 0.248 e. The highest BCUT2D eigenvalue weighted by Gasteiger charge is 2.45. The number of primary amides is 1. The number of aryl methyl sites for hydroxylation is 1. The summed E-state index contributed by atoms with van der Waals surface area (Å²) >= 11 is 1.96. The molecular formula is C26H35N3O4S2. The molecule has 1 amide bonds. The van der Waals surface area contributed by atoms with Gasteiger partial charge in [-0.1, -0.05) is 6.92 Å². The Bertz CT molecular complexity index is 1190. The van der Waals surface area contributed by atoms with Crippen molar-refractivity contribution < 1.29 is 17.9 Å². The number of ether oxygens (including phenoxy) is 1.